The van der Waals surface area contributed by atoms with Crippen molar-refractivity contribution in [2.75, 3.05) is 6.61 Å². The van der Waals surface area contributed by atoms with Crippen molar-refractivity contribution in [3.63, 3.8) is 0 Å². The Morgan fingerprint density at radius 1 is 1.26 bits per heavy atom. The molecular weight excluding hydrogens is 296 g/mol. The molecule has 0 amide bonds. The van der Waals surface area contributed by atoms with Crippen LogP contribution in [-0.2, 0) is 20.8 Å². The number of ether oxygens (including phenoxy) is 3. The van der Waals surface area contributed by atoms with Crippen molar-refractivity contribution < 1.29 is 24.4 Å². The molecule has 2 N–H and O–H groups in total. The first kappa shape index (κ1) is 15.3. The van der Waals surface area contributed by atoms with E-state index >= 15 is 0 Å². The molecule has 3 heterocycles. The minimum Gasteiger partial charge on any atom is -0.393 e. The van der Waals surface area contributed by atoms with E-state index in [1.165, 1.54) is 0 Å². The highest BCUT2D eigenvalue weighted by Crippen LogP contribution is 2.51. The van der Waals surface area contributed by atoms with Crippen LogP contribution in [0.1, 0.15) is 18.9 Å². The van der Waals surface area contributed by atoms with Crippen LogP contribution in [0.3, 0.4) is 0 Å². The normalized spacial score (nSPS) is 44.5. The Bertz CT molecular complexity index is 603. The topological polar surface area (TPSA) is 71.5 Å². The van der Waals surface area contributed by atoms with Gasteiger partial charge < -0.3 is 24.4 Å². The van der Waals surface area contributed by atoms with Crippen LogP contribution in [0.15, 0.2) is 42.5 Å². The second-order valence-corrected chi connectivity index (χ2v) is 6.91. The van der Waals surface area contributed by atoms with Crippen LogP contribution in [0.25, 0.3) is 0 Å². The number of epoxide rings is 1. The highest BCUT2D eigenvalue weighted by molar-refractivity contribution is 5.23. The van der Waals surface area contributed by atoms with Crippen molar-refractivity contribution in [1.29, 1.82) is 0 Å². The number of aliphatic hydroxyl groups is 2. The Labute approximate surface area is 135 Å². The molecule has 2 bridgehead atoms. The molecule has 1 aromatic carbocycles. The molecule has 0 spiro atoms. The van der Waals surface area contributed by atoms with Crippen molar-refractivity contribution in [2.24, 2.45) is 0 Å². The summed E-state index contributed by atoms with van der Waals surface area (Å²) in [5, 5.41) is 20.8. The molecule has 5 heteroatoms. The number of hydrogen-bond donors (Lipinski definition) is 2. The average molecular weight is 318 g/mol. The van der Waals surface area contributed by atoms with Gasteiger partial charge in [0.1, 0.15) is 29.5 Å². The monoisotopic (exact) mass is 318 g/mol. The summed E-state index contributed by atoms with van der Waals surface area (Å²) in [6.07, 6.45) is 2.99. The zero-order valence-electron chi connectivity index (χ0n) is 13.1. The van der Waals surface area contributed by atoms with E-state index in [-0.39, 0.29) is 18.8 Å². The van der Waals surface area contributed by atoms with Crippen LogP contribution >= 0.6 is 0 Å². The van der Waals surface area contributed by atoms with Gasteiger partial charge in [0.05, 0.1) is 19.3 Å². The molecule has 2 fully saturated rings. The van der Waals surface area contributed by atoms with Crippen molar-refractivity contribution in [3.05, 3.63) is 48.0 Å². The second kappa shape index (κ2) is 5.40. The molecule has 3 aliphatic rings. The maximum Gasteiger partial charge on any atom is 0.125 e. The Balaban J connectivity index is 1.55. The molecule has 124 valence electrons. The van der Waals surface area contributed by atoms with Gasteiger partial charge in [0.2, 0.25) is 0 Å². The van der Waals surface area contributed by atoms with Crippen molar-refractivity contribution in [2.45, 2.75) is 55.6 Å². The molecule has 0 unspecified atom stereocenters. The van der Waals surface area contributed by atoms with Crippen LogP contribution < -0.4 is 0 Å². The minimum absolute atomic E-state index is 0.116. The third kappa shape index (κ3) is 2.53. The molecular formula is C18H22O5. The lowest BCUT2D eigenvalue weighted by Crippen LogP contribution is -2.60. The molecule has 6 atom stereocenters. The highest BCUT2D eigenvalue weighted by atomic mass is 16.6. The molecule has 5 nitrogen and oxygen atoms in total. The summed E-state index contributed by atoms with van der Waals surface area (Å²) < 4.78 is 17.6. The van der Waals surface area contributed by atoms with E-state index in [2.05, 4.69) is 0 Å². The van der Waals surface area contributed by atoms with Crippen molar-refractivity contribution >= 4 is 0 Å². The van der Waals surface area contributed by atoms with Gasteiger partial charge in [-0.05, 0) is 12.5 Å². The highest BCUT2D eigenvalue weighted by Gasteiger charge is 2.68. The zero-order chi connectivity index (χ0) is 16.1. The van der Waals surface area contributed by atoms with E-state index in [9.17, 15) is 10.2 Å². The van der Waals surface area contributed by atoms with Gasteiger partial charge in [0.15, 0.2) is 0 Å². The number of aliphatic hydroxyl groups excluding tert-OH is 1. The third-order valence-corrected chi connectivity index (χ3v) is 5.09. The molecule has 0 aromatic heterocycles. The fraction of sp³-hybridized carbons (Fsp3) is 0.556. The van der Waals surface area contributed by atoms with Crippen LogP contribution in [0.4, 0.5) is 0 Å². The zero-order valence-corrected chi connectivity index (χ0v) is 13.1. The number of benzene rings is 1. The largest absolute Gasteiger partial charge is 0.393 e. The standard InChI is InChI=1S/C18H22O5/c1-17(11-19)16(23-17)18(20)9-13-7-8-14(22-13)15(18)21-10-12-5-3-2-4-6-12/h2-8,13-16,19-20H,9-11H2,1H3/t13-,14+,15-,16+,17-,18+/m1/s1. The fourth-order valence-electron chi connectivity index (χ4n) is 3.78. The fourth-order valence-corrected chi connectivity index (χ4v) is 3.78. The van der Waals surface area contributed by atoms with Gasteiger partial charge in [-0.25, -0.2) is 0 Å². The summed E-state index contributed by atoms with van der Waals surface area (Å²) in [7, 11) is 0. The second-order valence-electron chi connectivity index (χ2n) is 6.91. The SMILES string of the molecule is C[C@]1(CO)O[C@@H]1[C@]1(O)C[C@H]2C=C[C@H](O2)[C@H]1OCc1ccccc1. The summed E-state index contributed by atoms with van der Waals surface area (Å²) in [6, 6.07) is 9.85. The van der Waals surface area contributed by atoms with Crippen molar-refractivity contribution in [3.8, 4) is 0 Å². The minimum atomic E-state index is -1.16. The van der Waals surface area contributed by atoms with Gasteiger partial charge in [0, 0.05) is 6.42 Å². The van der Waals surface area contributed by atoms with E-state index < -0.39 is 23.4 Å². The van der Waals surface area contributed by atoms with E-state index in [1.54, 1.807) is 0 Å². The smallest absolute Gasteiger partial charge is 0.125 e. The molecule has 1 aromatic rings. The van der Waals surface area contributed by atoms with Gasteiger partial charge in [-0.1, -0.05) is 42.5 Å². The number of hydrogen-bond acceptors (Lipinski definition) is 5. The predicted octanol–water partition coefficient (Wildman–Crippen LogP) is 1.18. The van der Waals surface area contributed by atoms with Gasteiger partial charge in [0.25, 0.3) is 0 Å². The molecule has 23 heavy (non-hydrogen) atoms. The van der Waals surface area contributed by atoms with Crippen LogP contribution in [0.2, 0.25) is 0 Å². The Hall–Kier alpha value is -1.24. The summed E-state index contributed by atoms with van der Waals surface area (Å²) in [5.74, 6) is 0. The van der Waals surface area contributed by atoms with E-state index in [0.29, 0.717) is 13.0 Å². The Kier molecular flexibility index (Phi) is 3.59. The average Bonchev–Trinajstić information content (AvgIpc) is 3.12. The van der Waals surface area contributed by atoms with Gasteiger partial charge in [-0.3, -0.25) is 0 Å². The summed E-state index contributed by atoms with van der Waals surface area (Å²) in [5.41, 5.74) is -0.816. The third-order valence-electron chi connectivity index (χ3n) is 5.09. The summed E-state index contributed by atoms with van der Waals surface area (Å²) in [6.45, 7) is 2.10. The molecule has 0 radical (unpaired) electrons. The molecule has 0 aliphatic carbocycles. The van der Waals surface area contributed by atoms with E-state index in [0.717, 1.165) is 5.56 Å². The molecule has 2 saturated heterocycles. The Morgan fingerprint density at radius 2 is 2.04 bits per heavy atom. The van der Waals surface area contributed by atoms with Gasteiger partial charge in [-0.15, -0.1) is 0 Å². The lowest BCUT2D eigenvalue weighted by molar-refractivity contribution is -0.215. The van der Waals surface area contributed by atoms with Gasteiger partial charge in [-0.2, -0.15) is 0 Å². The lowest BCUT2D eigenvalue weighted by Gasteiger charge is -2.43. The predicted molar refractivity (Wildman–Crippen MR) is 82.8 cm³/mol. The molecule has 3 aliphatic heterocycles. The van der Waals surface area contributed by atoms with Crippen LogP contribution in [0.5, 0.6) is 0 Å². The number of fused-ring (bicyclic) bond motifs is 2. The summed E-state index contributed by atoms with van der Waals surface area (Å²) >= 11 is 0. The van der Waals surface area contributed by atoms with E-state index in [1.807, 2.05) is 49.4 Å². The molecule has 0 saturated carbocycles. The molecule has 4 rings (SSSR count). The first-order chi connectivity index (χ1) is 11.0. The quantitative estimate of drug-likeness (QED) is 0.630. The van der Waals surface area contributed by atoms with Crippen LogP contribution in [0, 0.1) is 0 Å². The first-order valence-corrected chi connectivity index (χ1v) is 8.05. The Morgan fingerprint density at radius 3 is 2.74 bits per heavy atom. The van der Waals surface area contributed by atoms with E-state index in [4.69, 9.17) is 14.2 Å². The van der Waals surface area contributed by atoms with Gasteiger partial charge >= 0.3 is 0 Å². The van der Waals surface area contributed by atoms with Crippen molar-refractivity contribution in [1.82, 2.24) is 0 Å². The van der Waals surface area contributed by atoms with Crippen LogP contribution in [-0.4, -0.2) is 52.4 Å². The lowest BCUT2D eigenvalue weighted by atomic mass is 9.80. The summed E-state index contributed by atoms with van der Waals surface area (Å²) in [4.78, 5) is 0. The maximum absolute atomic E-state index is 11.3. The maximum atomic E-state index is 11.3. The first-order valence-electron chi connectivity index (χ1n) is 8.05. The number of rotatable bonds is 5.